The smallest absolute Gasteiger partial charge is 0.241 e. The van der Waals surface area contributed by atoms with Gasteiger partial charge in [-0.15, -0.1) is 0 Å². The van der Waals surface area contributed by atoms with E-state index in [0.717, 1.165) is 11.1 Å². The number of primary sulfonamides is 1. The largest absolute Gasteiger partial charge is 0.489 e. The Bertz CT molecular complexity index is 525. The molecule has 0 aliphatic heterocycles. The molecule has 0 amide bonds. The quantitative estimate of drug-likeness (QED) is 0.878. The van der Waals surface area contributed by atoms with Crippen molar-refractivity contribution in [3.05, 3.63) is 23.3 Å². The number of hydrogen-bond donors (Lipinski definition) is 1. The van der Waals surface area contributed by atoms with Crippen LogP contribution in [0.4, 0.5) is 0 Å². The fourth-order valence-corrected chi connectivity index (χ4v) is 2.41. The van der Waals surface area contributed by atoms with Gasteiger partial charge in [-0.25, -0.2) is 13.6 Å². The van der Waals surface area contributed by atoms with Crippen LogP contribution in [0.1, 0.15) is 18.1 Å². The minimum Gasteiger partial charge on any atom is -0.489 e. The minimum absolute atomic E-state index is 0.0169. The molecule has 1 unspecified atom stereocenters. The number of sulfonamides is 1. The second kappa shape index (κ2) is 5.69. The molecular weight excluding hydrogens is 254 g/mol. The van der Waals surface area contributed by atoms with Gasteiger partial charge in [-0.1, -0.05) is 6.07 Å². The molecule has 0 aliphatic carbocycles. The monoisotopic (exact) mass is 273 g/mol. The van der Waals surface area contributed by atoms with Crippen LogP contribution in [0.5, 0.6) is 5.75 Å². The number of aryl methyl sites for hydroxylation is 2. The van der Waals surface area contributed by atoms with E-state index in [2.05, 4.69) is 0 Å². The van der Waals surface area contributed by atoms with Crippen LogP contribution < -0.4 is 9.88 Å². The molecular formula is C12H19NO4S. The number of methoxy groups -OCH3 is 1. The fraction of sp³-hybridized carbons (Fsp3) is 0.500. The Morgan fingerprint density at radius 3 is 2.44 bits per heavy atom. The standard InChI is InChI=1S/C12H19NO4S/c1-8-5-9(2)12(17-7-10(3)16-4)11(6-8)18(13,14)15/h5-6,10H,7H2,1-4H3,(H2,13,14,15). The second-order valence-electron chi connectivity index (χ2n) is 4.31. The Balaban J connectivity index is 3.17. The van der Waals surface area contributed by atoms with E-state index in [4.69, 9.17) is 14.6 Å². The predicted molar refractivity (Wildman–Crippen MR) is 69.3 cm³/mol. The molecule has 0 aliphatic rings. The Morgan fingerprint density at radius 2 is 1.94 bits per heavy atom. The lowest BCUT2D eigenvalue weighted by Crippen LogP contribution is -2.19. The summed E-state index contributed by atoms with van der Waals surface area (Å²) in [5, 5.41) is 5.20. The molecule has 1 atom stereocenters. The SMILES string of the molecule is COC(C)COc1c(C)cc(C)cc1S(N)(=O)=O. The zero-order chi connectivity index (χ0) is 13.9. The number of benzene rings is 1. The van der Waals surface area contributed by atoms with E-state index in [1.807, 2.05) is 19.9 Å². The van der Waals surface area contributed by atoms with Crippen LogP contribution >= 0.6 is 0 Å². The van der Waals surface area contributed by atoms with Crippen molar-refractivity contribution in [1.82, 2.24) is 0 Å². The number of ether oxygens (including phenoxy) is 2. The first-order valence-electron chi connectivity index (χ1n) is 5.55. The van der Waals surface area contributed by atoms with Crippen LogP contribution in [0.3, 0.4) is 0 Å². The van der Waals surface area contributed by atoms with Gasteiger partial charge in [0.15, 0.2) is 0 Å². The normalized spacial score (nSPS) is 13.4. The minimum atomic E-state index is -3.80. The molecule has 1 aromatic rings. The number of rotatable bonds is 5. The molecule has 1 aromatic carbocycles. The lowest BCUT2D eigenvalue weighted by atomic mass is 10.1. The van der Waals surface area contributed by atoms with E-state index in [1.54, 1.807) is 14.0 Å². The summed E-state index contributed by atoms with van der Waals surface area (Å²) in [5.74, 6) is 0.298. The van der Waals surface area contributed by atoms with Crippen molar-refractivity contribution in [3.8, 4) is 5.75 Å². The first-order valence-corrected chi connectivity index (χ1v) is 7.10. The third-order valence-electron chi connectivity index (χ3n) is 2.56. The van der Waals surface area contributed by atoms with E-state index in [-0.39, 0.29) is 17.6 Å². The summed E-state index contributed by atoms with van der Waals surface area (Å²) in [6.07, 6.45) is -0.126. The van der Waals surface area contributed by atoms with Crippen LogP contribution in [0, 0.1) is 13.8 Å². The van der Waals surface area contributed by atoms with Crippen molar-refractivity contribution in [3.63, 3.8) is 0 Å². The number of hydrogen-bond acceptors (Lipinski definition) is 4. The van der Waals surface area contributed by atoms with Crippen LogP contribution in [-0.2, 0) is 14.8 Å². The number of nitrogens with two attached hydrogens (primary N) is 1. The molecule has 0 saturated heterocycles. The first kappa shape index (κ1) is 14.9. The van der Waals surface area contributed by atoms with Crippen molar-refractivity contribution >= 4 is 10.0 Å². The van der Waals surface area contributed by atoms with Gasteiger partial charge in [0.1, 0.15) is 17.3 Å². The Morgan fingerprint density at radius 1 is 1.33 bits per heavy atom. The molecule has 102 valence electrons. The van der Waals surface area contributed by atoms with E-state index in [1.165, 1.54) is 6.07 Å². The molecule has 6 heteroatoms. The van der Waals surface area contributed by atoms with Crippen molar-refractivity contribution in [2.24, 2.45) is 5.14 Å². The summed E-state index contributed by atoms with van der Waals surface area (Å²) in [7, 11) is -2.23. The maximum Gasteiger partial charge on any atom is 0.241 e. The molecule has 5 nitrogen and oxygen atoms in total. The van der Waals surface area contributed by atoms with Gasteiger partial charge in [-0.2, -0.15) is 0 Å². The third-order valence-corrected chi connectivity index (χ3v) is 3.47. The van der Waals surface area contributed by atoms with Gasteiger partial charge in [0.2, 0.25) is 10.0 Å². The molecule has 18 heavy (non-hydrogen) atoms. The van der Waals surface area contributed by atoms with Gasteiger partial charge in [-0.05, 0) is 38.0 Å². The molecule has 0 heterocycles. The second-order valence-corrected chi connectivity index (χ2v) is 5.84. The van der Waals surface area contributed by atoms with Crippen molar-refractivity contribution in [1.29, 1.82) is 0 Å². The summed E-state index contributed by atoms with van der Waals surface area (Å²) in [5.41, 5.74) is 1.56. The topological polar surface area (TPSA) is 78.6 Å². The van der Waals surface area contributed by atoms with Crippen molar-refractivity contribution < 1.29 is 17.9 Å². The molecule has 0 spiro atoms. The Labute approximate surface area is 108 Å². The Hall–Kier alpha value is -1.11. The molecule has 0 aromatic heterocycles. The highest BCUT2D eigenvalue weighted by molar-refractivity contribution is 7.89. The van der Waals surface area contributed by atoms with Gasteiger partial charge in [0, 0.05) is 7.11 Å². The predicted octanol–water partition coefficient (Wildman–Crippen LogP) is 1.36. The average molecular weight is 273 g/mol. The van der Waals surface area contributed by atoms with Crippen molar-refractivity contribution in [2.45, 2.75) is 31.8 Å². The summed E-state index contributed by atoms with van der Waals surface area (Å²) in [6, 6.07) is 3.36. The summed E-state index contributed by atoms with van der Waals surface area (Å²) < 4.78 is 33.7. The maximum atomic E-state index is 11.5. The lowest BCUT2D eigenvalue weighted by molar-refractivity contribution is 0.0703. The zero-order valence-electron chi connectivity index (χ0n) is 11.1. The highest BCUT2D eigenvalue weighted by atomic mass is 32.2. The first-order chi connectivity index (χ1) is 8.25. The van der Waals surface area contributed by atoms with Crippen LogP contribution in [0.15, 0.2) is 17.0 Å². The van der Waals surface area contributed by atoms with E-state index < -0.39 is 10.0 Å². The molecule has 0 fully saturated rings. The van der Waals surface area contributed by atoms with Crippen LogP contribution in [0.2, 0.25) is 0 Å². The molecule has 1 rings (SSSR count). The van der Waals surface area contributed by atoms with Crippen molar-refractivity contribution in [2.75, 3.05) is 13.7 Å². The highest BCUT2D eigenvalue weighted by Crippen LogP contribution is 2.28. The molecule has 0 radical (unpaired) electrons. The third kappa shape index (κ3) is 3.69. The highest BCUT2D eigenvalue weighted by Gasteiger charge is 2.18. The van der Waals surface area contributed by atoms with Gasteiger partial charge >= 0.3 is 0 Å². The molecule has 0 saturated carbocycles. The Kier molecular flexibility index (Phi) is 4.72. The molecule has 0 bridgehead atoms. The fourth-order valence-electron chi connectivity index (χ4n) is 1.58. The van der Waals surface area contributed by atoms with Gasteiger partial charge in [0.25, 0.3) is 0 Å². The van der Waals surface area contributed by atoms with Gasteiger partial charge in [0.05, 0.1) is 6.10 Å². The van der Waals surface area contributed by atoms with E-state index in [9.17, 15) is 8.42 Å². The maximum absolute atomic E-state index is 11.5. The van der Waals surface area contributed by atoms with E-state index >= 15 is 0 Å². The van der Waals surface area contributed by atoms with Gasteiger partial charge < -0.3 is 9.47 Å². The average Bonchev–Trinajstić information content (AvgIpc) is 2.25. The van der Waals surface area contributed by atoms with E-state index in [0.29, 0.717) is 5.75 Å². The summed E-state index contributed by atoms with van der Waals surface area (Å²) in [6.45, 7) is 5.70. The van der Waals surface area contributed by atoms with Crippen LogP contribution in [0.25, 0.3) is 0 Å². The summed E-state index contributed by atoms with van der Waals surface area (Å²) >= 11 is 0. The molecule has 2 N–H and O–H groups in total. The summed E-state index contributed by atoms with van der Waals surface area (Å²) in [4.78, 5) is 0.0169. The lowest BCUT2D eigenvalue weighted by Gasteiger charge is -2.16. The zero-order valence-corrected chi connectivity index (χ0v) is 11.9. The van der Waals surface area contributed by atoms with Gasteiger partial charge in [-0.3, -0.25) is 0 Å². The van der Waals surface area contributed by atoms with Crippen LogP contribution in [-0.4, -0.2) is 28.2 Å².